The van der Waals surface area contributed by atoms with Crippen LogP contribution in [-0.2, 0) is 0 Å². The molecule has 18 heavy (non-hydrogen) atoms. The summed E-state index contributed by atoms with van der Waals surface area (Å²) in [6.07, 6.45) is 0.728. The number of rotatable bonds is 4. The summed E-state index contributed by atoms with van der Waals surface area (Å²) in [6.45, 7) is 0. The molecular weight excluding hydrogens is 250 g/mol. The zero-order valence-electron chi connectivity index (χ0n) is 9.67. The number of carbonyl (C=O) groups is 2. The maximum atomic E-state index is 12.0. The van der Waals surface area contributed by atoms with Crippen LogP contribution in [0.2, 0.25) is 0 Å². The lowest BCUT2D eigenvalue weighted by Gasteiger charge is -2.05. The van der Waals surface area contributed by atoms with Gasteiger partial charge in [-0.15, -0.1) is 11.3 Å². The normalized spacial score (nSPS) is 9.83. The number of ether oxygens (including phenoxy) is 1. The molecule has 1 N–H and O–H groups in total. The lowest BCUT2D eigenvalue weighted by Crippen LogP contribution is -2.12. The molecule has 0 bridgehead atoms. The van der Waals surface area contributed by atoms with Crippen molar-refractivity contribution in [2.75, 3.05) is 12.4 Å². The number of nitrogens with one attached hydrogen (secondary N) is 1. The Kier molecular flexibility index (Phi) is 3.74. The summed E-state index contributed by atoms with van der Waals surface area (Å²) < 4.78 is 5.05. The van der Waals surface area contributed by atoms with Gasteiger partial charge in [0.2, 0.25) is 0 Å². The number of methoxy groups -OCH3 is 1. The van der Waals surface area contributed by atoms with Gasteiger partial charge < -0.3 is 10.1 Å². The summed E-state index contributed by atoms with van der Waals surface area (Å²) in [4.78, 5) is 23.2. The van der Waals surface area contributed by atoms with Crippen molar-refractivity contribution in [3.63, 3.8) is 0 Å². The summed E-state index contributed by atoms with van der Waals surface area (Å²) in [5.74, 6) is 0.346. The zero-order chi connectivity index (χ0) is 13.0. The van der Waals surface area contributed by atoms with E-state index in [4.69, 9.17) is 4.74 Å². The van der Waals surface area contributed by atoms with Crippen molar-refractivity contribution < 1.29 is 14.3 Å². The molecule has 1 aromatic carbocycles. The lowest BCUT2D eigenvalue weighted by molar-refractivity contribution is 0.102. The highest BCUT2D eigenvalue weighted by Crippen LogP contribution is 2.21. The van der Waals surface area contributed by atoms with Crippen LogP contribution in [0.3, 0.4) is 0 Å². The number of anilines is 1. The fraction of sp³-hybridized carbons (Fsp3) is 0.0769. The molecule has 0 fully saturated rings. The van der Waals surface area contributed by atoms with Gasteiger partial charge in [-0.2, -0.15) is 0 Å². The molecule has 1 heterocycles. The SMILES string of the molecule is COc1cccc(C(=O)Nc2ccsc2C=O)c1. The Morgan fingerprint density at radius 1 is 1.39 bits per heavy atom. The summed E-state index contributed by atoms with van der Waals surface area (Å²) in [6, 6.07) is 8.53. The summed E-state index contributed by atoms with van der Waals surface area (Å²) in [5, 5.41) is 4.45. The van der Waals surface area contributed by atoms with Crippen LogP contribution in [-0.4, -0.2) is 19.3 Å². The highest BCUT2D eigenvalue weighted by molar-refractivity contribution is 7.12. The van der Waals surface area contributed by atoms with E-state index in [1.54, 1.807) is 42.8 Å². The van der Waals surface area contributed by atoms with Gasteiger partial charge in [0.15, 0.2) is 6.29 Å². The number of thiophene rings is 1. The number of hydrogen-bond acceptors (Lipinski definition) is 4. The largest absolute Gasteiger partial charge is 0.497 e. The summed E-state index contributed by atoms with van der Waals surface area (Å²) >= 11 is 1.29. The number of carbonyl (C=O) groups excluding carboxylic acids is 2. The third-order valence-corrected chi connectivity index (χ3v) is 3.22. The lowest BCUT2D eigenvalue weighted by atomic mass is 10.2. The molecule has 5 heteroatoms. The molecule has 2 aromatic rings. The monoisotopic (exact) mass is 261 g/mol. The molecule has 0 aliphatic heterocycles. The Hall–Kier alpha value is -2.14. The van der Waals surface area contributed by atoms with Crippen LogP contribution < -0.4 is 10.1 Å². The van der Waals surface area contributed by atoms with E-state index < -0.39 is 0 Å². The second-order valence-corrected chi connectivity index (χ2v) is 4.45. The van der Waals surface area contributed by atoms with E-state index in [1.807, 2.05) is 0 Å². The minimum absolute atomic E-state index is 0.268. The molecule has 4 nitrogen and oxygen atoms in total. The van der Waals surface area contributed by atoms with E-state index in [2.05, 4.69) is 5.32 Å². The van der Waals surface area contributed by atoms with Crippen molar-refractivity contribution in [1.29, 1.82) is 0 Å². The molecule has 2 rings (SSSR count). The van der Waals surface area contributed by atoms with Crippen molar-refractivity contribution in [3.8, 4) is 5.75 Å². The van der Waals surface area contributed by atoms with E-state index in [9.17, 15) is 9.59 Å². The third kappa shape index (κ3) is 2.57. The zero-order valence-corrected chi connectivity index (χ0v) is 10.5. The van der Waals surface area contributed by atoms with Crippen LogP contribution >= 0.6 is 11.3 Å². The van der Waals surface area contributed by atoms with Crippen molar-refractivity contribution in [1.82, 2.24) is 0 Å². The summed E-state index contributed by atoms with van der Waals surface area (Å²) in [7, 11) is 1.54. The van der Waals surface area contributed by atoms with E-state index in [0.717, 1.165) is 6.29 Å². The van der Waals surface area contributed by atoms with Gasteiger partial charge in [-0.3, -0.25) is 9.59 Å². The van der Waals surface area contributed by atoms with Gasteiger partial charge in [-0.05, 0) is 29.6 Å². The highest BCUT2D eigenvalue weighted by Gasteiger charge is 2.10. The van der Waals surface area contributed by atoms with Gasteiger partial charge in [-0.25, -0.2) is 0 Å². The van der Waals surface area contributed by atoms with E-state index in [1.165, 1.54) is 11.3 Å². The van der Waals surface area contributed by atoms with Crippen molar-refractivity contribution in [2.45, 2.75) is 0 Å². The Bertz CT molecular complexity index is 577. The van der Waals surface area contributed by atoms with Crippen LogP contribution in [0.5, 0.6) is 5.75 Å². The van der Waals surface area contributed by atoms with Gasteiger partial charge in [-0.1, -0.05) is 6.07 Å². The molecule has 92 valence electrons. The molecule has 0 spiro atoms. The molecule has 0 aliphatic rings. The second-order valence-electron chi connectivity index (χ2n) is 3.50. The minimum Gasteiger partial charge on any atom is -0.497 e. The Balaban J connectivity index is 2.19. The van der Waals surface area contributed by atoms with Crippen molar-refractivity contribution >= 4 is 29.2 Å². The molecule has 0 saturated carbocycles. The Morgan fingerprint density at radius 3 is 2.94 bits per heavy atom. The predicted molar refractivity (Wildman–Crippen MR) is 70.7 cm³/mol. The number of amides is 1. The van der Waals surface area contributed by atoms with Crippen LogP contribution in [0.15, 0.2) is 35.7 Å². The smallest absolute Gasteiger partial charge is 0.255 e. The second kappa shape index (κ2) is 5.46. The fourth-order valence-corrected chi connectivity index (χ4v) is 2.13. The number of hydrogen-bond donors (Lipinski definition) is 1. The first-order valence-electron chi connectivity index (χ1n) is 5.22. The minimum atomic E-state index is -0.268. The first-order chi connectivity index (χ1) is 8.74. The van der Waals surface area contributed by atoms with Crippen LogP contribution in [0, 0.1) is 0 Å². The maximum absolute atomic E-state index is 12.0. The van der Waals surface area contributed by atoms with Crippen molar-refractivity contribution in [2.24, 2.45) is 0 Å². The Labute approximate surface area is 108 Å². The fourth-order valence-electron chi connectivity index (χ4n) is 1.47. The molecule has 1 aromatic heterocycles. The molecule has 0 saturated heterocycles. The van der Waals surface area contributed by atoms with Crippen LogP contribution in [0.4, 0.5) is 5.69 Å². The first kappa shape index (κ1) is 12.3. The molecule has 0 aliphatic carbocycles. The predicted octanol–water partition coefficient (Wildman–Crippen LogP) is 2.82. The average molecular weight is 261 g/mol. The third-order valence-electron chi connectivity index (χ3n) is 2.38. The number of aldehydes is 1. The van der Waals surface area contributed by atoms with Gasteiger partial charge in [0.1, 0.15) is 5.75 Å². The molecule has 1 amide bonds. The molecular formula is C13H11NO3S. The van der Waals surface area contributed by atoms with Gasteiger partial charge in [0, 0.05) is 5.56 Å². The highest BCUT2D eigenvalue weighted by atomic mass is 32.1. The van der Waals surface area contributed by atoms with Gasteiger partial charge in [0.25, 0.3) is 5.91 Å². The van der Waals surface area contributed by atoms with Gasteiger partial charge in [0.05, 0.1) is 17.7 Å². The standard InChI is InChI=1S/C13H11NO3S/c1-17-10-4-2-3-9(7-10)13(16)14-11-5-6-18-12(11)8-15/h2-8H,1H3,(H,14,16). The maximum Gasteiger partial charge on any atom is 0.255 e. The molecule has 0 unspecified atom stereocenters. The van der Waals surface area contributed by atoms with Gasteiger partial charge >= 0.3 is 0 Å². The molecule has 0 radical (unpaired) electrons. The number of benzene rings is 1. The van der Waals surface area contributed by atoms with Crippen molar-refractivity contribution in [3.05, 3.63) is 46.2 Å². The van der Waals surface area contributed by atoms with E-state index in [-0.39, 0.29) is 5.91 Å². The van der Waals surface area contributed by atoms with Crippen LogP contribution in [0.1, 0.15) is 20.0 Å². The van der Waals surface area contributed by atoms with Crippen LogP contribution in [0.25, 0.3) is 0 Å². The topological polar surface area (TPSA) is 55.4 Å². The quantitative estimate of drug-likeness (QED) is 0.861. The van der Waals surface area contributed by atoms with E-state index >= 15 is 0 Å². The summed E-state index contributed by atoms with van der Waals surface area (Å²) in [5.41, 5.74) is 1.01. The average Bonchev–Trinajstić information content (AvgIpc) is 2.86. The van der Waals surface area contributed by atoms with E-state index in [0.29, 0.717) is 21.9 Å². The molecule has 0 atom stereocenters. The first-order valence-corrected chi connectivity index (χ1v) is 6.10. The Morgan fingerprint density at radius 2 is 2.22 bits per heavy atom.